The topological polar surface area (TPSA) is 61.8 Å². The van der Waals surface area contributed by atoms with Gasteiger partial charge in [-0.15, -0.1) is 0 Å². The first-order valence-electron chi connectivity index (χ1n) is 10.6. The predicted molar refractivity (Wildman–Crippen MR) is 97.8 cm³/mol. The lowest BCUT2D eigenvalue weighted by molar-refractivity contribution is -0.182. The first kappa shape index (κ1) is 22.4. The summed E-state index contributed by atoms with van der Waals surface area (Å²) in [5.41, 5.74) is -1.25. The van der Waals surface area contributed by atoms with E-state index < -0.39 is 36.6 Å². The van der Waals surface area contributed by atoms with Crippen molar-refractivity contribution in [2.75, 3.05) is 19.8 Å². The van der Waals surface area contributed by atoms with E-state index in [0.29, 0.717) is 6.61 Å². The maximum atomic E-state index is 12.4. The highest BCUT2D eigenvalue weighted by molar-refractivity contribution is 5.77. The Bertz CT molecular complexity index is 583. The number of carbonyl (C=O) groups is 2. The van der Waals surface area contributed by atoms with Crippen molar-refractivity contribution in [2.45, 2.75) is 77.0 Å². The van der Waals surface area contributed by atoms with Crippen molar-refractivity contribution >= 4 is 11.9 Å². The van der Waals surface area contributed by atoms with Crippen LogP contribution in [0.3, 0.4) is 0 Å². The average molecular weight is 420 g/mol. The van der Waals surface area contributed by atoms with Crippen LogP contribution < -0.4 is 0 Å². The van der Waals surface area contributed by atoms with Gasteiger partial charge in [-0.05, 0) is 69.6 Å². The second-order valence-electron chi connectivity index (χ2n) is 9.45. The third-order valence-electron chi connectivity index (χ3n) is 6.88. The summed E-state index contributed by atoms with van der Waals surface area (Å²) in [5, 5.41) is 0. The fourth-order valence-electron chi connectivity index (χ4n) is 5.53. The molecule has 5 nitrogen and oxygen atoms in total. The van der Waals surface area contributed by atoms with Crippen LogP contribution in [0.1, 0.15) is 65.2 Å². The highest BCUT2D eigenvalue weighted by Crippen LogP contribution is 2.57. The molecule has 1 unspecified atom stereocenters. The van der Waals surface area contributed by atoms with Crippen LogP contribution in [0.15, 0.2) is 0 Å². The van der Waals surface area contributed by atoms with Crippen molar-refractivity contribution in [1.29, 1.82) is 0 Å². The number of alkyl halides is 3. The molecule has 166 valence electrons. The fraction of sp³-hybridized carbons (Fsp3) is 0.905. The zero-order valence-electron chi connectivity index (χ0n) is 17.2. The van der Waals surface area contributed by atoms with Crippen molar-refractivity contribution in [2.24, 2.45) is 23.2 Å². The molecule has 1 atom stereocenters. The van der Waals surface area contributed by atoms with Gasteiger partial charge >= 0.3 is 18.1 Å². The van der Waals surface area contributed by atoms with E-state index in [4.69, 9.17) is 9.47 Å². The minimum atomic E-state index is -4.63. The van der Waals surface area contributed by atoms with Crippen LogP contribution in [0, 0.1) is 23.2 Å². The first-order valence-corrected chi connectivity index (χ1v) is 10.6. The molecule has 29 heavy (non-hydrogen) atoms. The van der Waals surface area contributed by atoms with Crippen molar-refractivity contribution in [3.8, 4) is 0 Å². The summed E-state index contributed by atoms with van der Waals surface area (Å²) < 4.78 is 52.9. The monoisotopic (exact) mass is 420 g/mol. The third-order valence-corrected chi connectivity index (χ3v) is 6.88. The van der Waals surface area contributed by atoms with Gasteiger partial charge in [0.1, 0.15) is 19.6 Å². The minimum Gasteiger partial charge on any atom is -0.464 e. The molecule has 4 bridgehead atoms. The van der Waals surface area contributed by atoms with Crippen molar-refractivity contribution in [3.05, 3.63) is 0 Å². The van der Waals surface area contributed by atoms with E-state index in [1.54, 1.807) is 6.92 Å². The summed E-state index contributed by atoms with van der Waals surface area (Å²) in [4.78, 5) is 23.7. The van der Waals surface area contributed by atoms with Gasteiger partial charge in [0.2, 0.25) is 0 Å². The highest BCUT2D eigenvalue weighted by Gasteiger charge is 2.51. The summed E-state index contributed by atoms with van der Waals surface area (Å²) in [5.74, 6) is 0.305. The van der Waals surface area contributed by atoms with Gasteiger partial charge < -0.3 is 14.2 Å². The van der Waals surface area contributed by atoms with E-state index >= 15 is 0 Å². The molecule has 4 fully saturated rings. The van der Waals surface area contributed by atoms with Crippen LogP contribution in [-0.2, 0) is 23.8 Å². The molecule has 8 heteroatoms. The Hall–Kier alpha value is -1.31. The van der Waals surface area contributed by atoms with E-state index in [1.165, 1.54) is 26.2 Å². The number of esters is 2. The lowest BCUT2D eigenvalue weighted by atomic mass is 9.54. The Balaban J connectivity index is 1.41. The van der Waals surface area contributed by atoms with Gasteiger partial charge in [-0.3, -0.25) is 9.59 Å². The van der Waals surface area contributed by atoms with E-state index in [9.17, 15) is 22.8 Å². The largest absolute Gasteiger partial charge is 0.464 e. The number of hydrogen-bond donors (Lipinski definition) is 0. The highest BCUT2D eigenvalue weighted by atomic mass is 19.4. The minimum absolute atomic E-state index is 0.0671. The summed E-state index contributed by atoms with van der Waals surface area (Å²) >= 11 is 0. The van der Waals surface area contributed by atoms with E-state index in [2.05, 4.69) is 4.74 Å². The van der Waals surface area contributed by atoms with E-state index in [-0.39, 0.29) is 18.6 Å². The van der Waals surface area contributed by atoms with Crippen LogP contribution in [-0.4, -0.2) is 43.5 Å². The Morgan fingerprint density at radius 1 is 0.966 bits per heavy atom. The van der Waals surface area contributed by atoms with Gasteiger partial charge in [-0.25, -0.2) is 0 Å². The maximum Gasteiger partial charge on any atom is 0.399 e. The molecule has 0 radical (unpaired) electrons. The molecule has 4 aliphatic rings. The third kappa shape index (κ3) is 5.64. The van der Waals surface area contributed by atoms with Crippen LogP contribution in [0.4, 0.5) is 13.2 Å². The molecule has 0 aromatic heterocycles. The molecule has 0 spiro atoms. The molecular formula is C21H31F3O5. The van der Waals surface area contributed by atoms with Gasteiger partial charge in [0.15, 0.2) is 0 Å². The Kier molecular flexibility index (Phi) is 6.51. The van der Waals surface area contributed by atoms with Gasteiger partial charge in [-0.2, -0.15) is 13.2 Å². The van der Waals surface area contributed by atoms with Crippen molar-refractivity contribution in [1.82, 2.24) is 0 Å². The number of halogens is 3. The lowest BCUT2D eigenvalue weighted by Gasteiger charge is -2.56. The standard InChI is InChI=1S/C21H31F3O5/c1-3-19(2,13-28-17(25)12-21(22,23)24)18(26)27-4-5-29-20-9-14-6-15(10-20)8-16(7-14)11-20/h14-16H,3-13H2,1-2H3. The first-order chi connectivity index (χ1) is 13.5. The quantitative estimate of drug-likeness (QED) is 0.408. The molecular weight excluding hydrogens is 389 g/mol. The number of ether oxygens (including phenoxy) is 3. The number of rotatable bonds is 9. The second-order valence-corrected chi connectivity index (χ2v) is 9.45. The van der Waals surface area contributed by atoms with Crippen LogP contribution >= 0.6 is 0 Å². The molecule has 0 aromatic rings. The van der Waals surface area contributed by atoms with Gasteiger partial charge in [0.25, 0.3) is 0 Å². The van der Waals surface area contributed by atoms with Gasteiger partial charge in [-0.1, -0.05) is 6.92 Å². The number of carbonyl (C=O) groups excluding carboxylic acids is 2. The van der Waals surface area contributed by atoms with Crippen molar-refractivity contribution in [3.63, 3.8) is 0 Å². The van der Waals surface area contributed by atoms with E-state index in [1.807, 2.05) is 0 Å². The maximum absolute atomic E-state index is 12.4. The molecule has 0 amide bonds. The summed E-state index contributed by atoms with van der Waals surface area (Å²) in [6, 6.07) is 0. The number of hydrogen-bond acceptors (Lipinski definition) is 5. The second kappa shape index (κ2) is 8.44. The Morgan fingerprint density at radius 3 is 2.00 bits per heavy atom. The molecule has 0 aromatic carbocycles. The van der Waals surface area contributed by atoms with Crippen LogP contribution in [0.2, 0.25) is 0 Å². The average Bonchev–Trinajstić information content (AvgIpc) is 2.60. The zero-order chi connectivity index (χ0) is 21.3. The predicted octanol–water partition coefficient (Wildman–Crippen LogP) is 4.43. The molecule has 0 aliphatic heterocycles. The Labute approximate surface area is 169 Å². The molecule has 0 N–H and O–H groups in total. The summed E-state index contributed by atoms with van der Waals surface area (Å²) in [6.45, 7) is 3.19. The van der Waals surface area contributed by atoms with Crippen LogP contribution in [0.25, 0.3) is 0 Å². The normalized spacial score (nSPS) is 32.7. The molecule has 0 heterocycles. The smallest absolute Gasteiger partial charge is 0.399 e. The van der Waals surface area contributed by atoms with Gasteiger partial charge in [0.05, 0.1) is 17.6 Å². The molecule has 4 rings (SSSR count). The Morgan fingerprint density at radius 2 is 1.52 bits per heavy atom. The zero-order valence-corrected chi connectivity index (χ0v) is 17.2. The van der Waals surface area contributed by atoms with Gasteiger partial charge in [0, 0.05) is 0 Å². The molecule has 4 aliphatic carbocycles. The van der Waals surface area contributed by atoms with Crippen molar-refractivity contribution < 1.29 is 37.0 Å². The molecule has 4 saturated carbocycles. The fourth-order valence-corrected chi connectivity index (χ4v) is 5.53. The molecule has 0 saturated heterocycles. The SMILES string of the molecule is CCC(C)(COC(=O)CC(F)(F)F)C(=O)OCCOC12CC3CC(CC(C3)C1)C2. The summed E-state index contributed by atoms with van der Waals surface area (Å²) in [6.07, 6.45) is 1.22. The van der Waals surface area contributed by atoms with Crippen LogP contribution in [0.5, 0.6) is 0 Å². The van der Waals surface area contributed by atoms with E-state index in [0.717, 1.165) is 37.0 Å². The lowest BCUT2D eigenvalue weighted by Crippen LogP contribution is -2.52. The summed E-state index contributed by atoms with van der Waals surface area (Å²) in [7, 11) is 0.